The van der Waals surface area contributed by atoms with Crippen molar-refractivity contribution in [1.82, 2.24) is 0 Å². The molecule has 1 aliphatic heterocycles. The fraction of sp³-hybridized carbons (Fsp3) is 1.00. The zero-order valence-electron chi connectivity index (χ0n) is 7.27. The first kappa shape index (κ1) is 9.92. The van der Waals surface area contributed by atoms with E-state index in [0.717, 1.165) is 0 Å². The fourth-order valence-electron chi connectivity index (χ4n) is 1.28. The van der Waals surface area contributed by atoms with E-state index in [2.05, 4.69) is 0 Å². The molecule has 0 spiro atoms. The maximum absolute atomic E-state index is 9.45. The van der Waals surface area contributed by atoms with Gasteiger partial charge in [0, 0.05) is 18.9 Å². The molecule has 1 aliphatic rings. The van der Waals surface area contributed by atoms with Gasteiger partial charge in [0.15, 0.2) is 6.29 Å². The Balaban J connectivity index is 2.30. The summed E-state index contributed by atoms with van der Waals surface area (Å²) in [5.41, 5.74) is 0. The van der Waals surface area contributed by atoms with Crippen LogP contribution in [0.25, 0.3) is 0 Å². The lowest BCUT2D eigenvalue weighted by Gasteiger charge is -2.31. The summed E-state index contributed by atoms with van der Waals surface area (Å²) in [6.45, 7) is 2.82. The van der Waals surface area contributed by atoms with Crippen LogP contribution < -0.4 is 0 Å². The van der Waals surface area contributed by atoms with E-state index in [1.54, 1.807) is 0 Å². The molecule has 1 unspecified atom stereocenters. The van der Waals surface area contributed by atoms with Gasteiger partial charge in [-0.05, 0) is 6.92 Å². The van der Waals surface area contributed by atoms with Crippen LogP contribution in [0.5, 0.6) is 0 Å². The maximum atomic E-state index is 9.45. The lowest BCUT2D eigenvalue weighted by Crippen LogP contribution is -2.40. The summed E-state index contributed by atoms with van der Waals surface area (Å²) in [6, 6.07) is 0. The Kier molecular flexibility index (Phi) is 3.94. The first-order valence-corrected chi connectivity index (χ1v) is 4.30. The van der Waals surface area contributed by atoms with Crippen molar-refractivity contribution in [2.24, 2.45) is 5.92 Å². The van der Waals surface area contributed by atoms with Gasteiger partial charge in [-0.25, -0.2) is 0 Å². The smallest absolute Gasteiger partial charge is 0.160 e. The van der Waals surface area contributed by atoms with Crippen LogP contribution >= 0.6 is 0 Å². The summed E-state index contributed by atoms with van der Waals surface area (Å²) in [7, 11) is 0. The number of hydrogen-bond acceptors (Lipinski definition) is 4. The van der Waals surface area contributed by atoms with E-state index in [1.807, 2.05) is 6.92 Å². The van der Waals surface area contributed by atoms with Crippen LogP contribution in [0.15, 0.2) is 0 Å². The number of ether oxygens (including phenoxy) is 2. The monoisotopic (exact) mass is 176 g/mol. The van der Waals surface area contributed by atoms with Gasteiger partial charge in [-0.3, -0.25) is 0 Å². The average molecular weight is 176 g/mol. The van der Waals surface area contributed by atoms with Crippen LogP contribution in [0.4, 0.5) is 0 Å². The van der Waals surface area contributed by atoms with Crippen LogP contribution in [0.3, 0.4) is 0 Å². The highest BCUT2D eigenvalue weighted by Crippen LogP contribution is 2.19. The van der Waals surface area contributed by atoms with E-state index in [-0.39, 0.29) is 18.8 Å². The zero-order chi connectivity index (χ0) is 8.97. The first-order chi connectivity index (χ1) is 5.77. The number of aliphatic hydroxyl groups is 2. The van der Waals surface area contributed by atoms with Gasteiger partial charge in [-0.2, -0.15) is 0 Å². The Hall–Kier alpha value is -0.160. The summed E-state index contributed by atoms with van der Waals surface area (Å²) in [6.07, 6.45) is -0.341. The van der Waals surface area contributed by atoms with Crippen molar-refractivity contribution in [1.29, 1.82) is 0 Å². The molecule has 12 heavy (non-hydrogen) atoms. The Bertz CT molecular complexity index is 128. The Morgan fingerprint density at radius 2 is 2.33 bits per heavy atom. The van der Waals surface area contributed by atoms with E-state index in [9.17, 15) is 5.11 Å². The van der Waals surface area contributed by atoms with Gasteiger partial charge < -0.3 is 19.7 Å². The summed E-state index contributed by atoms with van der Waals surface area (Å²) in [5, 5.41) is 18.2. The summed E-state index contributed by atoms with van der Waals surface area (Å²) in [4.78, 5) is 0. The number of aliphatic hydroxyl groups excluding tert-OH is 2. The molecule has 0 aromatic carbocycles. The summed E-state index contributed by atoms with van der Waals surface area (Å²) in [5.74, 6) is -0.151. The molecule has 0 radical (unpaired) electrons. The normalized spacial score (nSPS) is 36.8. The standard InChI is InChI=1S/C8H16O4/c1-2-11-8-3-7(10)6(4-9)5-12-8/h6-10H,2-5H2,1H3/t6-,7+,8?/m1/s1. The molecule has 3 atom stereocenters. The molecule has 1 fully saturated rings. The van der Waals surface area contributed by atoms with Crippen molar-refractivity contribution in [2.75, 3.05) is 19.8 Å². The molecular weight excluding hydrogens is 160 g/mol. The summed E-state index contributed by atoms with van der Waals surface area (Å²) >= 11 is 0. The predicted molar refractivity (Wildman–Crippen MR) is 42.6 cm³/mol. The highest BCUT2D eigenvalue weighted by molar-refractivity contribution is 4.73. The highest BCUT2D eigenvalue weighted by Gasteiger charge is 2.29. The van der Waals surface area contributed by atoms with Gasteiger partial charge in [0.05, 0.1) is 19.3 Å². The second-order valence-corrected chi connectivity index (χ2v) is 2.96. The fourth-order valence-corrected chi connectivity index (χ4v) is 1.28. The quantitative estimate of drug-likeness (QED) is 0.622. The Morgan fingerprint density at radius 3 is 2.83 bits per heavy atom. The molecule has 1 saturated heterocycles. The minimum atomic E-state index is -0.500. The van der Waals surface area contributed by atoms with Gasteiger partial charge in [-0.15, -0.1) is 0 Å². The Labute approximate surface area is 72.1 Å². The Morgan fingerprint density at radius 1 is 1.58 bits per heavy atom. The highest BCUT2D eigenvalue weighted by atomic mass is 16.7. The number of hydrogen-bond donors (Lipinski definition) is 2. The van der Waals surface area contributed by atoms with Crippen molar-refractivity contribution >= 4 is 0 Å². The minimum absolute atomic E-state index is 0.0278. The van der Waals surface area contributed by atoms with E-state index in [0.29, 0.717) is 19.6 Å². The molecule has 0 aromatic heterocycles. The number of rotatable bonds is 3. The minimum Gasteiger partial charge on any atom is -0.396 e. The first-order valence-electron chi connectivity index (χ1n) is 4.30. The van der Waals surface area contributed by atoms with Crippen LogP contribution in [0.2, 0.25) is 0 Å². The molecule has 2 N–H and O–H groups in total. The average Bonchev–Trinajstić information content (AvgIpc) is 2.05. The van der Waals surface area contributed by atoms with Gasteiger partial charge in [0.1, 0.15) is 0 Å². The lowest BCUT2D eigenvalue weighted by molar-refractivity contribution is -0.204. The van der Waals surface area contributed by atoms with Crippen LogP contribution in [-0.4, -0.2) is 42.4 Å². The zero-order valence-corrected chi connectivity index (χ0v) is 7.27. The molecular formula is C8H16O4. The molecule has 72 valence electrons. The van der Waals surface area contributed by atoms with Crippen molar-refractivity contribution in [3.05, 3.63) is 0 Å². The van der Waals surface area contributed by atoms with E-state index in [1.165, 1.54) is 0 Å². The molecule has 4 heteroatoms. The van der Waals surface area contributed by atoms with E-state index < -0.39 is 6.10 Å². The van der Waals surface area contributed by atoms with E-state index >= 15 is 0 Å². The molecule has 4 nitrogen and oxygen atoms in total. The van der Waals surface area contributed by atoms with Crippen LogP contribution in [-0.2, 0) is 9.47 Å². The van der Waals surface area contributed by atoms with Gasteiger partial charge in [-0.1, -0.05) is 0 Å². The molecule has 1 rings (SSSR count). The SMILES string of the molecule is CCOC1C[C@H](O)[C@H](CO)CO1. The van der Waals surface area contributed by atoms with Gasteiger partial charge >= 0.3 is 0 Å². The topological polar surface area (TPSA) is 58.9 Å². The second-order valence-electron chi connectivity index (χ2n) is 2.96. The van der Waals surface area contributed by atoms with Gasteiger partial charge in [0.2, 0.25) is 0 Å². The van der Waals surface area contributed by atoms with Crippen molar-refractivity contribution in [3.8, 4) is 0 Å². The molecule has 1 heterocycles. The largest absolute Gasteiger partial charge is 0.396 e. The molecule has 0 aromatic rings. The lowest BCUT2D eigenvalue weighted by atomic mass is 9.99. The van der Waals surface area contributed by atoms with Crippen molar-refractivity contribution in [3.63, 3.8) is 0 Å². The van der Waals surface area contributed by atoms with Crippen molar-refractivity contribution in [2.45, 2.75) is 25.7 Å². The third kappa shape index (κ3) is 2.42. The third-order valence-corrected chi connectivity index (χ3v) is 2.06. The predicted octanol–water partition coefficient (Wildman–Crippen LogP) is -0.261. The molecule has 0 aliphatic carbocycles. The van der Waals surface area contributed by atoms with Crippen LogP contribution in [0.1, 0.15) is 13.3 Å². The molecule has 0 bridgehead atoms. The molecule has 0 saturated carbocycles. The maximum Gasteiger partial charge on any atom is 0.160 e. The van der Waals surface area contributed by atoms with Crippen molar-refractivity contribution < 1.29 is 19.7 Å². The second kappa shape index (κ2) is 4.77. The van der Waals surface area contributed by atoms with Gasteiger partial charge in [0.25, 0.3) is 0 Å². The third-order valence-electron chi connectivity index (χ3n) is 2.06. The summed E-state index contributed by atoms with van der Waals surface area (Å²) < 4.78 is 10.4. The van der Waals surface area contributed by atoms with E-state index in [4.69, 9.17) is 14.6 Å². The van der Waals surface area contributed by atoms with Crippen LogP contribution in [0, 0.1) is 5.92 Å². The molecule has 0 amide bonds.